The predicted octanol–water partition coefficient (Wildman–Crippen LogP) is 3.15. The Morgan fingerprint density at radius 1 is 1.39 bits per heavy atom. The number of hydrogen-bond donors (Lipinski definition) is 1. The van der Waals surface area contributed by atoms with E-state index in [0.717, 1.165) is 18.4 Å². The van der Waals surface area contributed by atoms with Crippen molar-refractivity contribution < 1.29 is 14.6 Å². The topological polar surface area (TPSA) is 42.0 Å². The average Bonchev–Trinajstić information content (AvgIpc) is 3.14. The molecule has 0 bridgehead atoms. The molecule has 0 spiro atoms. The number of aromatic hydroxyl groups is 1. The summed E-state index contributed by atoms with van der Waals surface area (Å²) >= 11 is 0. The zero-order chi connectivity index (χ0) is 13.1. The van der Waals surface area contributed by atoms with Crippen LogP contribution in [0.2, 0.25) is 0 Å². The van der Waals surface area contributed by atoms with Crippen LogP contribution in [-0.2, 0) is 11.2 Å². The lowest BCUT2D eigenvalue weighted by Crippen LogP contribution is -2.10. The highest BCUT2D eigenvalue weighted by Gasteiger charge is 2.41. The number of para-hydroxylation sites is 1. The van der Waals surface area contributed by atoms with E-state index in [1.165, 1.54) is 0 Å². The van der Waals surface area contributed by atoms with Gasteiger partial charge in [0.2, 0.25) is 0 Å². The molecule has 2 rings (SSSR count). The first-order valence-corrected chi connectivity index (χ1v) is 6.76. The highest BCUT2D eigenvalue weighted by molar-refractivity contribution is 5.45. The largest absolute Gasteiger partial charge is 0.504 e. The van der Waals surface area contributed by atoms with Crippen LogP contribution in [0.1, 0.15) is 32.8 Å². The standard InChI is InChI=1S/C15H22O3/c1-4-12-15(18-12)10(3)9-11-7-6-8-13(14(11)16)17-5-2/h6-8,10,12,15-16H,4-5,9H2,1-3H3. The minimum atomic E-state index is 0.278. The van der Waals surface area contributed by atoms with Crippen molar-refractivity contribution in [3.63, 3.8) is 0 Å². The molecule has 0 aromatic heterocycles. The summed E-state index contributed by atoms with van der Waals surface area (Å²) in [6.45, 7) is 6.80. The van der Waals surface area contributed by atoms with Crippen LogP contribution >= 0.6 is 0 Å². The summed E-state index contributed by atoms with van der Waals surface area (Å²) in [7, 11) is 0. The zero-order valence-electron chi connectivity index (χ0n) is 11.3. The zero-order valence-corrected chi connectivity index (χ0v) is 11.3. The van der Waals surface area contributed by atoms with Gasteiger partial charge in [-0.1, -0.05) is 26.0 Å². The van der Waals surface area contributed by atoms with Crippen molar-refractivity contribution in [1.82, 2.24) is 0 Å². The first-order chi connectivity index (χ1) is 8.67. The second-order valence-electron chi connectivity index (χ2n) is 4.93. The van der Waals surface area contributed by atoms with E-state index in [1.54, 1.807) is 6.07 Å². The van der Waals surface area contributed by atoms with Crippen LogP contribution in [0.3, 0.4) is 0 Å². The maximum atomic E-state index is 10.1. The van der Waals surface area contributed by atoms with Gasteiger partial charge in [0.25, 0.3) is 0 Å². The molecule has 100 valence electrons. The van der Waals surface area contributed by atoms with E-state index in [4.69, 9.17) is 9.47 Å². The second kappa shape index (κ2) is 5.61. The van der Waals surface area contributed by atoms with Gasteiger partial charge in [-0.3, -0.25) is 0 Å². The second-order valence-corrected chi connectivity index (χ2v) is 4.93. The Balaban J connectivity index is 2.03. The van der Waals surface area contributed by atoms with Crippen molar-refractivity contribution in [2.24, 2.45) is 5.92 Å². The number of rotatable bonds is 6. The van der Waals surface area contributed by atoms with Gasteiger partial charge in [-0.25, -0.2) is 0 Å². The van der Waals surface area contributed by atoms with Crippen molar-refractivity contribution in [1.29, 1.82) is 0 Å². The van der Waals surface area contributed by atoms with Crippen molar-refractivity contribution in [3.05, 3.63) is 23.8 Å². The summed E-state index contributed by atoms with van der Waals surface area (Å²) < 4.78 is 11.0. The third-order valence-corrected chi connectivity index (χ3v) is 3.51. The molecule has 1 aromatic rings. The molecule has 3 atom stereocenters. The van der Waals surface area contributed by atoms with Crippen LogP contribution < -0.4 is 4.74 Å². The molecule has 1 fully saturated rings. The van der Waals surface area contributed by atoms with Crippen LogP contribution in [0.25, 0.3) is 0 Å². The Hall–Kier alpha value is -1.22. The normalized spacial score (nSPS) is 23.7. The number of phenolic OH excluding ortho intramolecular Hbond substituents is 1. The van der Waals surface area contributed by atoms with Crippen LogP contribution in [0.5, 0.6) is 11.5 Å². The van der Waals surface area contributed by atoms with Gasteiger partial charge in [0, 0.05) is 0 Å². The van der Waals surface area contributed by atoms with E-state index in [0.29, 0.717) is 30.5 Å². The fourth-order valence-corrected chi connectivity index (χ4v) is 2.45. The van der Waals surface area contributed by atoms with Crippen LogP contribution in [-0.4, -0.2) is 23.9 Å². The smallest absolute Gasteiger partial charge is 0.161 e. The summed E-state index contributed by atoms with van der Waals surface area (Å²) in [5.41, 5.74) is 0.943. The van der Waals surface area contributed by atoms with Gasteiger partial charge in [0.05, 0.1) is 18.8 Å². The van der Waals surface area contributed by atoms with Crippen LogP contribution in [0, 0.1) is 5.92 Å². The molecule has 1 heterocycles. The van der Waals surface area contributed by atoms with E-state index in [-0.39, 0.29) is 5.75 Å². The van der Waals surface area contributed by atoms with Crippen molar-refractivity contribution in [2.45, 2.75) is 45.8 Å². The summed E-state index contributed by atoms with van der Waals surface area (Å²) in [6, 6.07) is 5.69. The number of ether oxygens (including phenoxy) is 2. The van der Waals surface area contributed by atoms with Gasteiger partial charge in [0.15, 0.2) is 11.5 Å². The Morgan fingerprint density at radius 2 is 2.17 bits per heavy atom. The predicted molar refractivity (Wildman–Crippen MR) is 71.1 cm³/mol. The lowest BCUT2D eigenvalue weighted by Gasteiger charge is -2.13. The third kappa shape index (κ3) is 2.78. The quantitative estimate of drug-likeness (QED) is 0.789. The maximum absolute atomic E-state index is 10.1. The number of hydrogen-bond acceptors (Lipinski definition) is 3. The molecule has 0 amide bonds. The Bertz CT molecular complexity index is 403. The summed E-state index contributed by atoms with van der Waals surface area (Å²) in [4.78, 5) is 0. The van der Waals surface area contributed by atoms with E-state index in [2.05, 4.69) is 13.8 Å². The highest BCUT2D eigenvalue weighted by Crippen LogP contribution is 2.37. The molecule has 1 aromatic carbocycles. The number of epoxide rings is 1. The van der Waals surface area contributed by atoms with Gasteiger partial charge in [-0.15, -0.1) is 0 Å². The molecule has 0 saturated carbocycles. The minimum Gasteiger partial charge on any atom is -0.504 e. The molecule has 3 unspecified atom stereocenters. The molecular formula is C15H22O3. The van der Waals surface area contributed by atoms with Crippen molar-refractivity contribution in [2.75, 3.05) is 6.61 Å². The van der Waals surface area contributed by atoms with Crippen molar-refractivity contribution in [3.8, 4) is 11.5 Å². The molecular weight excluding hydrogens is 228 g/mol. The van der Waals surface area contributed by atoms with E-state index in [1.807, 2.05) is 19.1 Å². The molecule has 1 N–H and O–H groups in total. The Labute approximate surface area is 109 Å². The third-order valence-electron chi connectivity index (χ3n) is 3.51. The van der Waals surface area contributed by atoms with E-state index < -0.39 is 0 Å². The van der Waals surface area contributed by atoms with Crippen LogP contribution in [0.15, 0.2) is 18.2 Å². The molecule has 0 aliphatic carbocycles. The molecule has 18 heavy (non-hydrogen) atoms. The molecule has 0 radical (unpaired) electrons. The van der Waals surface area contributed by atoms with E-state index >= 15 is 0 Å². The summed E-state index contributed by atoms with van der Waals surface area (Å²) in [5.74, 6) is 1.28. The first-order valence-electron chi connectivity index (χ1n) is 6.76. The first kappa shape index (κ1) is 13.2. The minimum absolute atomic E-state index is 0.278. The maximum Gasteiger partial charge on any atom is 0.161 e. The Morgan fingerprint density at radius 3 is 2.78 bits per heavy atom. The van der Waals surface area contributed by atoms with Crippen LogP contribution in [0.4, 0.5) is 0 Å². The molecule has 1 aliphatic rings. The molecule has 1 saturated heterocycles. The number of benzene rings is 1. The summed E-state index contributed by atoms with van der Waals surface area (Å²) in [5, 5.41) is 10.1. The SMILES string of the molecule is CCOc1cccc(CC(C)C2OC2CC)c1O. The molecule has 3 nitrogen and oxygen atoms in total. The lowest BCUT2D eigenvalue weighted by molar-refractivity contribution is 0.309. The van der Waals surface area contributed by atoms with Crippen molar-refractivity contribution >= 4 is 0 Å². The molecule has 3 heteroatoms. The monoisotopic (exact) mass is 250 g/mol. The summed E-state index contributed by atoms with van der Waals surface area (Å²) in [6.07, 6.45) is 2.66. The lowest BCUT2D eigenvalue weighted by atomic mass is 9.95. The van der Waals surface area contributed by atoms with Gasteiger partial charge in [-0.05, 0) is 37.3 Å². The average molecular weight is 250 g/mol. The Kier molecular flexibility index (Phi) is 4.12. The van der Waals surface area contributed by atoms with Gasteiger partial charge < -0.3 is 14.6 Å². The van der Waals surface area contributed by atoms with E-state index in [9.17, 15) is 5.11 Å². The fourth-order valence-electron chi connectivity index (χ4n) is 2.45. The van der Waals surface area contributed by atoms with Gasteiger partial charge >= 0.3 is 0 Å². The molecule has 1 aliphatic heterocycles. The number of phenols is 1. The van der Waals surface area contributed by atoms with Gasteiger partial charge in [-0.2, -0.15) is 0 Å². The highest BCUT2D eigenvalue weighted by atomic mass is 16.6. The fraction of sp³-hybridized carbons (Fsp3) is 0.600. The van der Waals surface area contributed by atoms with Gasteiger partial charge in [0.1, 0.15) is 0 Å².